The van der Waals surface area contributed by atoms with Crippen molar-refractivity contribution >= 4 is 0 Å². The molecule has 112 valence electrons. The summed E-state index contributed by atoms with van der Waals surface area (Å²) in [5, 5.41) is 0. The van der Waals surface area contributed by atoms with E-state index in [1.54, 1.807) is 20.3 Å². The quantitative estimate of drug-likeness (QED) is 0.875. The van der Waals surface area contributed by atoms with Gasteiger partial charge in [-0.2, -0.15) is 0 Å². The van der Waals surface area contributed by atoms with Crippen molar-refractivity contribution in [2.75, 3.05) is 14.2 Å². The van der Waals surface area contributed by atoms with Crippen LogP contribution in [0.4, 0.5) is 0 Å². The Morgan fingerprint density at radius 1 is 0.857 bits per heavy atom. The summed E-state index contributed by atoms with van der Waals surface area (Å²) in [5.74, 6) is 2.79. The molecule has 0 aliphatic heterocycles. The second-order valence-corrected chi connectivity index (χ2v) is 4.73. The van der Waals surface area contributed by atoms with Crippen LogP contribution in [0, 0.1) is 0 Å². The number of hydrogen-bond donors (Lipinski definition) is 1. The van der Waals surface area contributed by atoms with Crippen molar-refractivity contribution in [1.29, 1.82) is 0 Å². The molecular weight excluding hydrogens is 266 g/mol. The predicted molar refractivity (Wildman–Crippen MR) is 83.3 cm³/mol. The van der Waals surface area contributed by atoms with Crippen molar-refractivity contribution in [3.05, 3.63) is 48.0 Å². The molecule has 0 radical (unpaired) electrons. The summed E-state index contributed by atoms with van der Waals surface area (Å²) in [7, 11) is 3.22. The van der Waals surface area contributed by atoms with Gasteiger partial charge in [0.1, 0.15) is 23.0 Å². The topological polar surface area (TPSA) is 53.7 Å². The van der Waals surface area contributed by atoms with E-state index in [0.29, 0.717) is 17.2 Å². The summed E-state index contributed by atoms with van der Waals surface area (Å²) in [6, 6.07) is 13.3. The lowest BCUT2D eigenvalue weighted by Crippen LogP contribution is -2.07. The van der Waals surface area contributed by atoms with Crippen LogP contribution < -0.4 is 19.9 Å². The van der Waals surface area contributed by atoms with Gasteiger partial charge in [-0.15, -0.1) is 0 Å². The number of methoxy groups -OCH3 is 2. The summed E-state index contributed by atoms with van der Waals surface area (Å²) >= 11 is 0. The van der Waals surface area contributed by atoms with Crippen molar-refractivity contribution in [2.45, 2.75) is 19.4 Å². The van der Waals surface area contributed by atoms with Crippen LogP contribution in [-0.4, -0.2) is 14.2 Å². The van der Waals surface area contributed by atoms with Gasteiger partial charge in [0.2, 0.25) is 0 Å². The smallest absolute Gasteiger partial charge is 0.134 e. The highest BCUT2D eigenvalue weighted by Crippen LogP contribution is 2.31. The highest BCUT2D eigenvalue weighted by molar-refractivity contribution is 5.44. The van der Waals surface area contributed by atoms with Gasteiger partial charge in [0, 0.05) is 24.2 Å². The highest BCUT2D eigenvalue weighted by Gasteiger charge is 2.06. The third kappa shape index (κ3) is 3.89. The second kappa shape index (κ2) is 6.99. The van der Waals surface area contributed by atoms with Crippen LogP contribution in [0.25, 0.3) is 0 Å². The molecule has 4 heteroatoms. The molecule has 0 aliphatic rings. The van der Waals surface area contributed by atoms with Crippen molar-refractivity contribution in [3.63, 3.8) is 0 Å². The van der Waals surface area contributed by atoms with Crippen LogP contribution in [0.3, 0.4) is 0 Å². The van der Waals surface area contributed by atoms with E-state index in [1.807, 2.05) is 36.4 Å². The van der Waals surface area contributed by atoms with Crippen molar-refractivity contribution in [3.8, 4) is 23.0 Å². The summed E-state index contributed by atoms with van der Waals surface area (Å²) in [4.78, 5) is 0. The maximum atomic E-state index is 6.00. The maximum Gasteiger partial charge on any atom is 0.134 e. The lowest BCUT2D eigenvalue weighted by atomic mass is 10.1. The Balaban J connectivity index is 2.17. The second-order valence-electron chi connectivity index (χ2n) is 4.73. The Kier molecular flexibility index (Phi) is 5.06. The molecule has 0 unspecified atom stereocenters. The van der Waals surface area contributed by atoms with E-state index < -0.39 is 0 Å². The zero-order valence-corrected chi connectivity index (χ0v) is 12.6. The molecule has 21 heavy (non-hydrogen) atoms. The molecule has 0 spiro atoms. The fraction of sp³-hybridized carbons (Fsp3) is 0.294. The van der Waals surface area contributed by atoms with Crippen LogP contribution in [0.1, 0.15) is 24.9 Å². The molecule has 0 saturated carbocycles. The molecule has 2 aromatic carbocycles. The summed E-state index contributed by atoms with van der Waals surface area (Å²) in [6.07, 6.45) is 0.910. The van der Waals surface area contributed by atoms with E-state index in [9.17, 15) is 0 Å². The zero-order valence-electron chi connectivity index (χ0n) is 12.6. The number of benzene rings is 2. The van der Waals surface area contributed by atoms with Crippen LogP contribution in [0.2, 0.25) is 0 Å². The first kappa shape index (κ1) is 15.2. The molecule has 4 nitrogen and oxygen atoms in total. The third-order valence-corrected chi connectivity index (χ3v) is 3.31. The number of hydrogen-bond acceptors (Lipinski definition) is 4. The van der Waals surface area contributed by atoms with Crippen molar-refractivity contribution in [2.24, 2.45) is 5.73 Å². The van der Waals surface area contributed by atoms with E-state index >= 15 is 0 Å². The standard InChI is InChI=1S/C17H21NO3/c1-4-17(18)12-5-7-13(8-6-12)21-16-10-14(19-2)9-15(11-16)20-3/h5-11,17H,4,18H2,1-3H3/t17-/m0/s1. The average molecular weight is 287 g/mol. The Hall–Kier alpha value is -2.20. The Morgan fingerprint density at radius 2 is 1.38 bits per heavy atom. The lowest BCUT2D eigenvalue weighted by molar-refractivity contribution is 0.386. The van der Waals surface area contributed by atoms with Gasteiger partial charge in [-0.05, 0) is 24.1 Å². The van der Waals surface area contributed by atoms with E-state index in [1.165, 1.54) is 0 Å². The molecule has 1 atom stereocenters. The van der Waals surface area contributed by atoms with Crippen LogP contribution >= 0.6 is 0 Å². The van der Waals surface area contributed by atoms with Crippen LogP contribution in [0.15, 0.2) is 42.5 Å². The van der Waals surface area contributed by atoms with E-state index in [4.69, 9.17) is 19.9 Å². The molecule has 2 rings (SSSR count). The van der Waals surface area contributed by atoms with E-state index in [-0.39, 0.29) is 6.04 Å². The first-order chi connectivity index (χ1) is 10.2. The summed E-state index contributed by atoms with van der Waals surface area (Å²) in [5.41, 5.74) is 7.10. The molecule has 0 fully saturated rings. The van der Waals surface area contributed by atoms with Gasteiger partial charge in [0.05, 0.1) is 14.2 Å². The number of ether oxygens (including phenoxy) is 3. The van der Waals surface area contributed by atoms with Gasteiger partial charge in [-0.25, -0.2) is 0 Å². The Labute approximate surface area is 125 Å². The average Bonchev–Trinajstić information content (AvgIpc) is 2.54. The fourth-order valence-corrected chi connectivity index (χ4v) is 2.00. The Bertz CT molecular complexity index is 559. The third-order valence-electron chi connectivity index (χ3n) is 3.31. The lowest BCUT2D eigenvalue weighted by Gasteiger charge is -2.12. The van der Waals surface area contributed by atoms with E-state index in [2.05, 4.69) is 6.92 Å². The van der Waals surface area contributed by atoms with Gasteiger partial charge in [0.15, 0.2) is 0 Å². The molecule has 2 N–H and O–H groups in total. The Morgan fingerprint density at radius 3 is 1.86 bits per heavy atom. The van der Waals surface area contributed by atoms with Gasteiger partial charge in [-0.1, -0.05) is 19.1 Å². The largest absolute Gasteiger partial charge is 0.496 e. The summed E-state index contributed by atoms with van der Waals surface area (Å²) < 4.78 is 16.3. The molecular formula is C17H21NO3. The number of rotatable bonds is 6. The molecule has 0 aliphatic carbocycles. The minimum absolute atomic E-state index is 0.0657. The predicted octanol–water partition coefficient (Wildman–Crippen LogP) is 3.91. The molecule has 0 heterocycles. The molecule has 0 amide bonds. The van der Waals surface area contributed by atoms with E-state index in [0.717, 1.165) is 17.7 Å². The van der Waals surface area contributed by atoms with Gasteiger partial charge in [0.25, 0.3) is 0 Å². The first-order valence-electron chi connectivity index (χ1n) is 6.92. The monoisotopic (exact) mass is 287 g/mol. The highest BCUT2D eigenvalue weighted by atomic mass is 16.5. The molecule has 2 aromatic rings. The van der Waals surface area contributed by atoms with Crippen LogP contribution in [0.5, 0.6) is 23.0 Å². The molecule has 0 saturated heterocycles. The maximum absolute atomic E-state index is 6.00. The van der Waals surface area contributed by atoms with Crippen molar-refractivity contribution in [1.82, 2.24) is 0 Å². The fourth-order valence-electron chi connectivity index (χ4n) is 2.00. The number of nitrogens with two attached hydrogens (primary N) is 1. The SMILES string of the molecule is CC[C@H](N)c1ccc(Oc2cc(OC)cc(OC)c2)cc1. The first-order valence-corrected chi connectivity index (χ1v) is 6.92. The summed E-state index contributed by atoms with van der Waals surface area (Å²) in [6.45, 7) is 2.07. The minimum atomic E-state index is 0.0657. The van der Waals surface area contributed by atoms with Gasteiger partial charge < -0.3 is 19.9 Å². The van der Waals surface area contributed by atoms with Gasteiger partial charge >= 0.3 is 0 Å². The molecule has 0 aromatic heterocycles. The normalized spacial score (nSPS) is 11.8. The zero-order chi connectivity index (χ0) is 15.2. The minimum Gasteiger partial charge on any atom is -0.496 e. The van der Waals surface area contributed by atoms with Crippen LogP contribution in [-0.2, 0) is 0 Å². The molecule has 0 bridgehead atoms. The van der Waals surface area contributed by atoms with Crippen molar-refractivity contribution < 1.29 is 14.2 Å². The van der Waals surface area contributed by atoms with Gasteiger partial charge in [-0.3, -0.25) is 0 Å².